The van der Waals surface area contributed by atoms with Crippen LogP contribution in [0.2, 0.25) is 0 Å². The van der Waals surface area contributed by atoms with Crippen LogP contribution in [0.1, 0.15) is 0 Å². The van der Waals surface area contributed by atoms with Gasteiger partial charge in [-0.2, -0.15) is 0 Å². The zero-order chi connectivity index (χ0) is 3.41. The van der Waals surface area contributed by atoms with E-state index in [1.54, 1.807) is 0 Å². The van der Waals surface area contributed by atoms with E-state index < -0.39 is 0 Å². The molecule has 0 saturated heterocycles. The minimum atomic E-state index is 3.00. The van der Waals surface area contributed by atoms with Crippen molar-refractivity contribution in [3.05, 3.63) is 0 Å². The van der Waals surface area contributed by atoms with Gasteiger partial charge in [-0.05, 0) is 0 Å². The molecule has 20 valence electrons. The molecule has 0 fully saturated rings. The Morgan fingerprint density at radius 1 is 1.75 bits per heavy atom. The second kappa shape index (κ2) is 2.53. The first kappa shape index (κ1) is 3.53. The molecular formula is CH3BN2. The van der Waals surface area contributed by atoms with Gasteiger partial charge >= 0.3 is 24.5 Å². The molecule has 0 atom stereocenters. The first-order valence-electron chi connectivity index (χ1n) is 0.832. The van der Waals surface area contributed by atoms with Crippen LogP contribution < -0.4 is 0 Å². The molecule has 0 N–H and O–H groups in total. The summed E-state index contributed by atoms with van der Waals surface area (Å²) in [5.74, 6) is 0. The van der Waals surface area contributed by atoms with E-state index >= 15 is 0 Å². The maximum absolute atomic E-state index is 3.00. The Hall–Kier alpha value is -0.465. The van der Waals surface area contributed by atoms with Crippen molar-refractivity contribution in [1.82, 2.24) is 0 Å². The van der Waals surface area contributed by atoms with Gasteiger partial charge in [0.15, 0.2) is 0 Å². The Labute approximate surface area is 25.7 Å². The minimum absolute atomic E-state index is 3.00. The van der Waals surface area contributed by atoms with Crippen LogP contribution in [-0.4, -0.2) is 14.4 Å². The van der Waals surface area contributed by atoms with Crippen molar-refractivity contribution in [1.29, 1.82) is 0 Å². The van der Waals surface area contributed by atoms with Crippen LogP contribution >= 0.6 is 0 Å². The average Bonchev–Trinajstić information content (AvgIpc) is 1.37. The van der Waals surface area contributed by atoms with Gasteiger partial charge in [0.05, 0.1) is 0 Å². The third-order valence-corrected chi connectivity index (χ3v) is 0.1000. The van der Waals surface area contributed by atoms with Crippen LogP contribution in [-0.2, 0) is 0 Å². The molecule has 3 heteroatoms. The van der Waals surface area contributed by atoms with Gasteiger partial charge < -0.3 is 0 Å². The van der Waals surface area contributed by atoms with Gasteiger partial charge in [0.25, 0.3) is 0 Å². The number of hydrogen-bond acceptors (Lipinski definition) is 2. The topological polar surface area (TPSA) is 24.7 Å². The third-order valence-electron chi connectivity index (χ3n) is 0.1000. The van der Waals surface area contributed by atoms with E-state index in [1.807, 2.05) is 0 Å². The SMILES string of the molecule is B=NN=C. The van der Waals surface area contributed by atoms with Crippen LogP contribution in [0.4, 0.5) is 0 Å². The summed E-state index contributed by atoms with van der Waals surface area (Å²) >= 11 is 0. The molecule has 0 spiro atoms. The van der Waals surface area contributed by atoms with Crippen molar-refractivity contribution in [3.63, 3.8) is 0 Å². The van der Waals surface area contributed by atoms with E-state index in [9.17, 15) is 0 Å². The summed E-state index contributed by atoms with van der Waals surface area (Å²) in [5.41, 5.74) is 0. The van der Waals surface area contributed by atoms with Crippen LogP contribution in [0.3, 0.4) is 0 Å². The van der Waals surface area contributed by atoms with E-state index in [0.29, 0.717) is 0 Å². The molecule has 0 aliphatic carbocycles. The van der Waals surface area contributed by atoms with Crippen LogP contribution in [0.25, 0.3) is 0 Å². The summed E-state index contributed by atoms with van der Waals surface area (Å²) in [6.07, 6.45) is 0. The van der Waals surface area contributed by atoms with Crippen molar-refractivity contribution in [2.75, 3.05) is 0 Å². The molecule has 4 heavy (non-hydrogen) atoms. The van der Waals surface area contributed by atoms with E-state index in [4.69, 9.17) is 0 Å². The van der Waals surface area contributed by atoms with Gasteiger partial charge in [-0.3, -0.25) is 0 Å². The maximum atomic E-state index is 3.00. The summed E-state index contributed by atoms with van der Waals surface area (Å²) in [6.45, 7) is 3.00. The first-order chi connectivity index (χ1) is 1.91. The fraction of sp³-hybridized carbons (Fsp3) is 0. The molecule has 0 saturated carbocycles. The first-order valence-corrected chi connectivity index (χ1v) is 0.832. The molecule has 0 amide bonds. The normalized spacial score (nSPS) is 4.75. The van der Waals surface area contributed by atoms with Gasteiger partial charge in [-0.25, -0.2) is 0 Å². The van der Waals surface area contributed by atoms with E-state index in [-0.39, 0.29) is 0 Å². The zero-order valence-corrected chi connectivity index (χ0v) is 2.31. The molecule has 0 unspecified atom stereocenters. The van der Waals surface area contributed by atoms with E-state index in [1.165, 1.54) is 0 Å². The quantitative estimate of drug-likeness (QED) is 0.223. The molecule has 0 rings (SSSR count). The predicted octanol–water partition coefficient (Wildman–Crippen LogP) is -0.314. The van der Waals surface area contributed by atoms with Gasteiger partial charge in [0.1, 0.15) is 0 Å². The summed E-state index contributed by atoms with van der Waals surface area (Å²) in [5, 5.41) is 6.00. The standard InChI is InChI=1S/CH3BN2/c1-3-4-2/h2H,1H2. The van der Waals surface area contributed by atoms with Crippen molar-refractivity contribution in [2.24, 2.45) is 10.1 Å². The summed E-state index contributed by atoms with van der Waals surface area (Å²) in [4.78, 5) is 0. The molecule has 0 heterocycles. The van der Waals surface area contributed by atoms with Crippen molar-refractivity contribution in [3.8, 4) is 0 Å². The fourth-order valence-electron chi connectivity index (χ4n) is 0. The number of rotatable bonds is 1. The Morgan fingerprint density at radius 2 is 2.00 bits per heavy atom. The van der Waals surface area contributed by atoms with Crippen molar-refractivity contribution >= 4 is 14.4 Å². The predicted molar refractivity (Wildman–Crippen MR) is 19.1 cm³/mol. The molecular weight excluding hydrogens is 50.8 g/mol. The van der Waals surface area contributed by atoms with Crippen LogP contribution in [0, 0.1) is 0 Å². The molecule has 0 aliphatic rings. The van der Waals surface area contributed by atoms with Gasteiger partial charge in [-0.1, -0.05) is 0 Å². The molecule has 0 aromatic heterocycles. The molecule has 0 aliphatic heterocycles. The fourth-order valence-corrected chi connectivity index (χ4v) is 0. The van der Waals surface area contributed by atoms with Gasteiger partial charge in [0.2, 0.25) is 0 Å². The van der Waals surface area contributed by atoms with E-state index in [2.05, 4.69) is 24.5 Å². The van der Waals surface area contributed by atoms with E-state index in [0.717, 1.165) is 0 Å². The second-order valence-corrected chi connectivity index (χ2v) is 0.283. The van der Waals surface area contributed by atoms with Crippen LogP contribution in [0.15, 0.2) is 10.1 Å². The number of nitrogens with zero attached hydrogens (tertiary/aromatic N) is 2. The van der Waals surface area contributed by atoms with Crippen LogP contribution in [0.5, 0.6) is 0 Å². The molecule has 0 aromatic carbocycles. The van der Waals surface area contributed by atoms with Gasteiger partial charge in [-0.15, -0.1) is 0 Å². The number of hydrogen-bond donors (Lipinski definition) is 0. The van der Waals surface area contributed by atoms with Crippen molar-refractivity contribution < 1.29 is 0 Å². The second-order valence-electron chi connectivity index (χ2n) is 0.283. The van der Waals surface area contributed by atoms with Crippen molar-refractivity contribution in [2.45, 2.75) is 0 Å². The van der Waals surface area contributed by atoms with Gasteiger partial charge in [0, 0.05) is 0 Å². The Kier molecular flexibility index (Phi) is 2.24. The molecule has 0 bridgehead atoms. The Balaban J connectivity index is 2.73. The Morgan fingerprint density at radius 3 is 2.00 bits per heavy atom. The molecule has 0 radical (unpaired) electrons. The molecule has 2 nitrogen and oxygen atoms in total. The average molecular weight is 53.9 g/mol. The monoisotopic (exact) mass is 54.0 g/mol. The zero-order valence-electron chi connectivity index (χ0n) is 2.31. The third kappa shape index (κ3) is 1.53. The Bertz CT molecular complexity index is 27.0. The summed E-state index contributed by atoms with van der Waals surface area (Å²) in [7, 11) is 3.00. The molecule has 0 aromatic rings. The summed E-state index contributed by atoms with van der Waals surface area (Å²) < 4.78 is 0. The summed E-state index contributed by atoms with van der Waals surface area (Å²) in [6, 6.07) is 0.